The minimum absolute atomic E-state index is 0.0509. The van der Waals surface area contributed by atoms with Gasteiger partial charge in [0, 0.05) is 26.3 Å². The highest BCUT2D eigenvalue weighted by atomic mass is 32.2. The number of benzene rings is 1. The average molecular weight is 273 g/mol. The molecular weight excluding hydrogens is 257 g/mol. The van der Waals surface area contributed by atoms with Gasteiger partial charge >= 0.3 is 0 Å². The number of amides is 1. The number of hydrogen-bond acceptors (Lipinski definition) is 3. The van der Waals surface area contributed by atoms with Gasteiger partial charge in [-0.3, -0.25) is 4.79 Å². The maximum atomic E-state index is 12.9. The fourth-order valence-electron chi connectivity index (χ4n) is 1.46. The van der Waals surface area contributed by atoms with E-state index < -0.39 is 9.84 Å². The second kappa shape index (κ2) is 5.95. The summed E-state index contributed by atoms with van der Waals surface area (Å²) in [6.07, 6.45) is 1.04. The van der Waals surface area contributed by atoms with Crippen molar-refractivity contribution in [2.24, 2.45) is 0 Å². The molecule has 4 nitrogen and oxygen atoms in total. The number of nitrogens with zero attached hydrogens (tertiary/aromatic N) is 1. The zero-order valence-electron chi connectivity index (χ0n) is 10.4. The van der Waals surface area contributed by atoms with E-state index in [1.54, 1.807) is 19.2 Å². The van der Waals surface area contributed by atoms with Crippen LogP contribution in [0.3, 0.4) is 0 Å². The Morgan fingerprint density at radius 2 is 2.06 bits per heavy atom. The molecule has 0 unspecified atom stereocenters. The first-order chi connectivity index (χ1) is 8.28. The van der Waals surface area contributed by atoms with E-state index in [1.165, 1.54) is 17.0 Å². The van der Waals surface area contributed by atoms with Gasteiger partial charge in [-0.1, -0.05) is 12.1 Å². The van der Waals surface area contributed by atoms with Crippen molar-refractivity contribution < 1.29 is 17.6 Å². The van der Waals surface area contributed by atoms with Crippen molar-refractivity contribution in [1.82, 2.24) is 4.90 Å². The molecule has 0 aliphatic rings. The molecule has 0 fully saturated rings. The summed E-state index contributed by atoms with van der Waals surface area (Å²) in [5, 5.41) is 0. The lowest BCUT2D eigenvalue weighted by Gasteiger charge is -2.17. The second-order valence-corrected chi connectivity index (χ2v) is 6.52. The third kappa shape index (κ3) is 5.27. The number of carbonyl (C=O) groups is 1. The van der Waals surface area contributed by atoms with Crippen LogP contribution in [0.4, 0.5) is 4.39 Å². The lowest BCUT2D eigenvalue weighted by atomic mass is 10.2. The number of rotatable bonds is 5. The van der Waals surface area contributed by atoms with Crippen LogP contribution in [-0.4, -0.2) is 38.3 Å². The Labute approximate surface area is 106 Å². The molecule has 1 amide bonds. The number of sulfone groups is 1. The fourth-order valence-corrected chi connectivity index (χ4v) is 2.01. The van der Waals surface area contributed by atoms with Crippen molar-refractivity contribution in [1.29, 1.82) is 0 Å². The van der Waals surface area contributed by atoms with E-state index in [4.69, 9.17) is 0 Å². The third-order valence-corrected chi connectivity index (χ3v) is 3.37. The summed E-state index contributed by atoms with van der Waals surface area (Å²) in [6, 6.07) is 5.96. The van der Waals surface area contributed by atoms with Crippen LogP contribution in [0.1, 0.15) is 12.0 Å². The zero-order valence-corrected chi connectivity index (χ0v) is 11.2. The molecule has 0 aliphatic carbocycles. The highest BCUT2D eigenvalue weighted by Gasteiger charge is 2.12. The van der Waals surface area contributed by atoms with Crippen molar-refractivity contribution in [3.63, 3.8) is 0 Å². The lowest BCUT2D eigenvalue weighted by molar-refractivity contribution is -0.130. The van der Waals surface area contributed by atoms with Gasteiger partial charge in [0.15, 0.2) is 0 Å². The van der Waals surface area contributed by atoms with Crippen LogP contribution in [0.25, 0.3) is 0 Å². The molecule has 0 N–H and O–H groups in total. The molecule has 6 heteroatoms. The van der Waals surface area contributed by atoms with E-state index in [1.807, 2.05) is 0 Å². The van der Waals surface area contributed by atoms with Crippen molar-refractivity contribution in [3.05, 3.63) is 35.6 Å². The first kappa shape index (κ1) is 14.6. The lowest BCUT2D eigenvalue weighted by Crippen LogP contribution is -2.27. The molecule has 18 heavy (non-hydrogen) atoms. The van der Waals surface area contributed by atoms with Crippen LogP contribution >= 0.6 is 0 Å². The molecule has 0 spiro atoms. The van der Waals surface area contributed by atoms with Crippen LogP contribution < -0.4 is 0 Å². The molecule has 0 heterocycles. The SMILES string of the molecule is CN(Cc1cccc(F)c1)C(=O)CCS(C)(=O)=O. The molecule has 0 saturated heterocycles. The van der Waals surface area contributed by atoms with E-state index in [2.05, 4.69) is 0 Å². The summed E-state index contributed by atoms with van der Waals surface area (Å²) in [7, 11) is -1.57. The molecule has 1 rings (SSSR count). The molecule has 0 aliphatic heterocycles. The van der Waals surface area contributed by atoms with Gasteiger partial charge in [-0.05, 0) is 17.7 Å². The van der Waals surface area contributed by atoms with Crippen LogP contribution in [0.5, 0.6) is 0 Å². The predicted molar refractivity (Wildman–Crippen MR) is 67.2 cm³/mol. The minimum Gasteiger partial charge on any atom is -0.341 e. The van der Waals surface area contributed by atoms with Crippen LogP contribution in [0, 0.1) is 5.82 Å². The van der Waals surface area contributed by atoms with Gasteiger partial charge in [0.1, 0.15) is 15.7 Å². The van der Waals surface area contributed by atoms with Crippen molar-refractivity contribution >= 4 is 15.7 Å². The van der Waals surface area contributed by atoms with E-state index in [0.717, 1.165) is 6.26 Å². The summed E-state index contributed by atoms with van der Waals surface area (Å²) in [5.74, 6) is -0.798. The van der Waals surface area contributed by atoms with Gasteiger partial charge < -0.3 is 4.90 Å². The highest BCUT2D eigenvalue weighted by molar-refractivity contribution is 7.90. The Morgan fingerprint density at radius 1 is 1.39 bits per heavy atom. The standard InChI is InChI=1S/C12H16FNO3S/c1-14(12(15)6-7-18(2,16)17)9-10-4-3-5-11(13)8-10/h3-5,8H,6-7,9H2,1-2H3. The summed E-state index contributed by atoms with van der Waals surface area (Å²) in [6.45, 7) is 0.264. The van der Waals surface area contributed by atoms with E-state index in [0.29, 0.717) is 5.56 Å². The van der Waals surface area contributed by atoms with Crippen LogP contribution in [-0.2, 0) is 21.2 Å². The molecule has 1 aromatic rings. The quantitative estimate of drug-likeness (QED) is 0.810. The third-order valence-electron chi connectivity index (χ3n) is 2.42. The molecule has 1 aromatic carbocycles. The normalized spacial score (nSPS) is 11.3. The van der Waals surface area contributed by atoms with Crippen molar-refractivity contribution in [2.75, 3.05) is 19.1 Å². The molecule has 0 atom stereocenters. The molecule has 0 bridgehead atoms. The number of hydrogen-bond donors (Lipinski definition) is 0. The average Bonchev–Trinajstić information content (AvgIpc) is 2.24. The van der Waals surface area contributed by atoms with Gasteiger partial charge in [-0.25, -0.2) is 12.8 Å². The van der Waals surface area contributed by atoms with Crippen LogP contribution in [0.15, 0.2) is 24.3 Å². The summed E-state index contributed by atoms with van der Waals surface area (Å²) in [4.78, 5) is 13.0. The van der Waals surface area contributed by atoms with Crippen molar-refractivity contribution in [2.45, 2.75) is 13.0 Å². The number of halogens is 1. The maximum absolute atomic E-state index is 12.9. The maximum Gasteiger partial charge on any atom is 0.223 e. The second-order valence-electron chi connectivity index (χ2n) is 4.26. The topological polar surface area (TPSA) is 54.5 Å². The summed E-state index contributed by atoms with van der Waals surface area (Å²) in [5.41, 5.74) is 0.671. The Hall–Kier alpha value is -1.43. The summed E-state index contributed by atoms with van der Waals surface area (Å²) >= 11 is 0. The molecule has 0 radical (unpaired) electrons. The Balaban J connectivity index is 2.55. The van der Waals surface area contributed by atoms with Crippen molar-refractivity contribution in [3.8, 4) is 0 Å². The Bertz CT molecular complexity index is 528. The largest absolute Gasteiger partial charge is 0.341 e. The first-order valence-electron chi connectivity index (χ1n) is 5.44. The molecule has 0 aromatic heterocycles. The van der Waals surface area contributed by atoms with E-state index in [-0.39, 0.29) is 30.4 Å². The predicted octanol–water partition coefficient (Wildman–Crippen LogP) is 1.22. The molecule has 0 saturated carbocycles. The fraction of sp³-hybridized carbons (Fsp3) is 0.417. The Kier molecular flexibility index (Phi) is 4.84. The summed E-state index contributed by atoms with van der Waals surface area (Å²) < 4.78 is 34.8. The minimum atomic E-state index is -3.14. The zero-order chi connectivity index (χ0) is 13.8. The molecular formula is C12H16FNO3S. The van der Waals surface area contributed by atoms with Gasteiger partial charge in [0.05, 0.1) is 5.75 Å². The monoisotopic (exact) mass is 273 g/mol. The van der Waals surface area contributed by atoms with E-state index in [9.17, 15) is 17.6 Å². The van der Waals surface area contributed by atoms with E-state index >= 15 is 0 Å². The van der Waals surface area contributed by atoms with Gasteiger partial charge in [0.2, 0.25) is 5.91 Å². The van der Waals surface area contributed by atoms with Gasteiger partial charge in [-0.2, -0.15) is 0 Å². The Morgan fingerprint density at radius 3 is 2.61 bits per heavy atom. The molecule has 100 valence electrons. The van der Waals surface area contributed by atoms with Crippen LogP contribution in [0.2, 0.25) is 0 Å². The van der Waals surface area contributed by atoms with Gasteiger partial charge in [-0.15, -0.1) is 0 Å². The first-order valence-corrected chi connectivity index (χ1v) is 7.50. The smallest absolute Gasteiger partial charge is 0.223 e. The van der Waals surface area contributed by atoms with Gasteiger partial charge in [0.25, 0.3) is 0 Å². The number of carbonyl (C=O) groups excluding carboxylic acids is 1. The highest BCUT2D eigenvalue weighted by Crippen LogP contribution is 2.07.